The zero-order valence-corrected chi connectivity index (χ0v) is 12.2. The molecule has 0 radical (unpaired) electrons. The van der Waals surface area contributed by atoms with E-state index in [1.54, 1.807) is 6.20 Å². The van der Waals surface area contributed by atoms with E-state index in [1.165, 1.54) is 11.1 Å². The quantitative estimate of drug-likeness (QED) is 0.837. The van der Waals surface area contributed by atoms with Crippen molar-refractivity contribution in [3.63, 3.8) is 0 Å². The first kappa shape index (κ1) is 14.5. The minimum Gasteiger partial charge on any atom is -0.492 e. The number of rotatable bonds is 7. The minimum atomic E-state index is 0.295. The fourth-order valence-corrected chi connectivity index (χ4v) is 2.31. The smallest absolute Gasteiger partial charge is 0.137 e. The lowest BCUT2D eigenvalue weighted by atomic mass is 10.0. The molecule has 0 spiro atoms. The van der Waals surface area contributed by atoms with Crippen molar-refractivity contribution in [1.29, 1.82) is 0 Å². The van der Waals surface area contributed by atoms with E-state index in [1.807, 2.05) is 20.2 Å². The maximum Gasteiger partial charge on any atom is 0.137 e. The average molecular weight is 270 g/mol. The molecule has 0 saturated carbocycles. The molecule has 3 nitrogen and oxygen atoms in total. The van der Waals surface area contributed by atoms with Gasteiger partial charge >= 0.3 is 0 Å². The van der Waals surface area contributed by atoms with Crippen LogP contribution >= 0.6 is 0 Å². The van der Waals surface area contributed by atoms with E-state index in [2.05, 4.69) is 46.7 Å². The van der Waals surface area contributed by atoms with Crippen LogP contribution in [0.5, 0.6) is 5.75 Å². The van der Waals surface area contributed by atoms with Gasteiger partial charge in [0.2, 0.25) is 0 Å². The van der Waals surface area contributed by atoms with Gasteiger partial charge < -0.3 is 10.1 Å². The number of aromatic nitrogens is 1. The van der Waals surface area contributed by atoms with E-state index in [4.69, 9.17) is 4.74 Å². The fraction of sp³-hybridized carbons (Fsp3) is 0.353. The molecular weight excluding hydrogens is 248 g/mol. The number of nitrogens with one attached hydrogen (secondary N) is 1. The maximum absolute atomic E-state index is 5.51. The number of hydrogen-bond donors (Lipinski definition) is 1. The highest BCUT2D eigenvalue weighted by Gasteiger charge is 2.10. The summed E-state index contributed by atoms with van der Waals surface area (Å²) in [5.41, 5.74) is 2.54. The van der Waals surface area contributed by atoms with Crippen molar-refractivity contribution >= 4 is 0 Å². The summed E-state index contributed by atoms with van der Waals surface area (Å²) in [5, 5.41) is 3.36. The second-order valence-corrected chi connectivity index (χ2v) is 4.75. The Bertz CT molecular complexity index is 513. The Balaban J connectivity index is 2.02. The first-order valence-corrected chi connectivity index (χ1v) is 7.12. The van der Waals surface area contributed by atoms with Gasteiger partial charge in [-0.1, -0.05) is 30.3 Å². The molecule has 1 aromatic carbocycles. The summed E-state index contributed by atoms with van der Waals surface area (Å²) in [5.74, 6) is 0.838. The Labute approximate surface area is 121 Å². The molecule has 1 atom stereocenters. The number of hydrogen-bond acceptors (Lipinski definition) is 3. The standard InChI is InChI=1S/C17H22N2O/c1-3-20-16-11-15(12-19-13-16)17(18-2)10-9-14-7-5-4-6-8-14/h4-8,11-13,17-18H,3,9-10H2,1-2H3. The van der Waals surface area contributed by atoms with Gasteiger partial charge in [-0.15, -0.1) is 0 Å². The largest absolute Gasteiger partial charge is 0.492 e. The van der Waals surface area contributed by atoms with E-state index in [-0.39, 0.29) is 0 Å². The molecule has 20 heavy (non-hydrogen) atoms. The van der Waals surface area contributed by atoms with Crippen LogP contribution in [0.4, 0.5) is 0 Å². The molecule has 0 bridgehead atoms. The molecule has 1 unspecified atom stereocenters. The van der Waals surface area contributed by atoms with Crippen LogP contribution in [0.1, 0.15) is 30.5 Å². The van der Waals surface area contributed by atoms with Crippen molar-refractivity contribution in [2.75, 3.05) is 13.7 Å². The Hall–Kier alpha value is -1.87. The van der Waals surface area contributed by atoms with Crippen LogP contribution in [-0.2, 0) is 6.42 Å². The summed E-state index contributed by atoms with van der Waals surface area (Å²) >= 11 is 0. The number of aryl methyl sites for hydroxylation is 1. The number of nitrogens with zero attached hydrogens (tertiary/aromatic N) is 1. The average Bonchev–Trinajstić information content (AvgIpc) is 2.50. The van der Waals surface area contributed by atoms with Crippen molar-refractivity contribution in [1.82, 2.24) is 10.3 Å². The van der Waals surface area contributed by atoms with E-state index in [0.29, 0.717) is 12.6 Å². The van der Waals surface area contributed by atoms with Crippen LogP contribution in [-0.4, -0.2) is 18.6 Å². The summed E-state index contributed by atoms with van der Waals surface area (Å²) in [6.45, 7) is 2.65. The third kappa shape index (κ3) is 4.07. The highest BCUT2D eigenvalue weighted by atomic mass is 16.5. The molecule has 0 aliphatic rings. The van der Waals surface area contributed by atoms with Gasteiger partial charge in [-0.05, 0) is 44.0 Å². The van der Waals surface area contributed by atoms with E-state index < -0.39 is 0 Å². The monoisotopic (exact) mass is 270 g/mol. The number of ether oxygens (including phenoxy) is 1. The lowest BCUT2D eigenvalue weighted by molar-refractivity contribution is 0.338. The van der Waals surface area contributed by atoms with Crippen LogP contribution in [0.2, 0.25) is 0 Å². The van der Waals surface area contributed by atoms with Crippen LogP contribution in [0.3, 0.4) is 0 Å². The van der Waals surface area contributed by atoms with Gasteiger partial charge in [-0.2, -0.15) is 0 Å². The van der Waals surface area contributed by atoms with Crippen molar-refractivity contribution in [2.24, 2.45) is 0 Å². The van der Waals surface area contributed by atoms with Gasteiger partial charge in [-0.25, -0.2) is 0 Å². The fourth-order valence-electron chi connectivity index (χ4n) is 2.31. The van der Waals surface area contributed by atoms with Crippen LogP contribution in [0.15, 0.2) is 48.8 Å². The number of pyridine rings is 1. The first-order chi connectivity index (χ1) is 9.83. The highest BCUT2D eigenvalue weighted by molar-refractivity contribution is 5.26. The summed E-state index contributed by atoms with van der Waals surface area (Å²) in [4.78, 5) is 4.26. The van der Waals surface area contributed by atoms with Gasteiger partial charge in [-0.3, -0.25) is 4.98 Å². The van der Waals surface area contributed by atoms with Crippen molar-refractivity contribution in [3.05, 3.63) is 59.9 Å². The van der Waals surface area contributed by atoms with Gasteiger partial charge in [0.15, 0.2) is 0 Å². The Morgan fingerprint density at radius 3 is 2.70 bits per heavy atom. The lowest BCUT2D eigenvalue weighted by Gasteiger charge is -2.17. The molecule has 0 aliphatic carbocycles. The molecule has 2 aromatic rings. The van der Waals surface area contributed by atoms with Gasteiger partial charge in [0, 0.05) is 12.2 Å². The molecule has 0 aliphatic heterocycles. The van der Waals surface area contributed by atoms with Crippen LogP contribution < -0.4 is 10.1 Å². The van der Waals surface area contributed by atoms with Crippen LogP contribution in [0.25, 0.3) is 0 Å². The van der Waals surface area contributed by atoms with E-state index in [9.17, 15) is 0 Å². The van der Waals surface area contributed by atoms with Crippen molar-refractivity contribution in [2.45, 2.75) is 25.8 Å². The molecule has 1 heterocycles. The molecule has 1 aromatic heterocycles. The molecule has 0 amide bonds. The Morgan fingerprint density at radius 1 is 1.20 bits per heavy atom. The molecule has 1 N–H and O–H groups in total. The SMILES string of the molecule is CCOc1cncc(C(CCc2ccccc2)NC)c1. The Morgan fingerprint density at radius 2 is 2.00 bits per heavy atom. The highest BCUT2D eigenvalue weighted by Crippen LogP contribution is 2.21. The zero-order valence-electron chi connectivity index (χ0n) is 12.2. The van der Waals surface area contributed by atoms with Gasteiger partial charge in [0.25, 0.3) is 0 Å². The van der Waals surface area contributed by atoms with Gasteiger partial charge in [0.1, 0.15) is 5.75 Å². The molecular formula is C17H22N2O. The van der Waals surface area contributed by atoms with Gasteiger partial charge in [0.05, 0.1) is 12.8 Å². The van der Waals surface area contributed by atoms with E-state index in [0.717, 1.165) is 18.6 Å². The van der Waals surface area contributed by atoms with Crippen molar-refractivity contribution in [3.8, 4) is 5.75 Å². The third-order valence-corrected chi connectivity index (χ3v) is 3.36. The molecule has 0 saturated heterocycles. The third-order valence-electron chi connectivity index (χ3n) is 3.36. The lowest BCUT2D eigenvalue weighted by Crippen LogP contribution is -2.17. The van der Waals surface area contributed by atoms with Crippen molar-refractivity contribution < 1.29 is 4.74 Å². The topological polar surface area (TPSA) is 34.1 Å². The molecule has 0 fully saturated rings. The van der Waals surface area contributed by atoms with E-state index >= 15 is 0 Å². The second kappa shape index (κ2) is 7.65. The summed E-state index contributed by atoms with van der Waals surface area (Å²) < 4.78 is 5.51. The molecule has 2 rings (SSSR count). The second-order valence-electron chi connectivity index (χ2n) is 4.75. The summed E-state index contributed by atoms with van der Waals surface area (Å²) in [6, 6.07) is 12.9. The normalized spacial score (nSPS) is 12.1. The molecule has 3 heteroatoms. The Kier molecular flexibility index (Phi) is 5.56. The predicted octanol–water partition coefficient (Wildman–Crippen LogP) is 3.37. The van der Waals surface area contributed by atoms with Crippen LogP contribution in [0, 0.1) is 0 Å². The predicted molar refractivity (Wildman–Crippen MR) is 82.0 cm³/mol. The summed E-state index contributed by atoms with van der Waals surface area (Å²) in [7, 11) is 1.99. The first-order valence-electron chi connectivity index (χ1n) is 7.12. The molecule has 106 valence electrons. The zero-order chi connectivity index (χ0) is 14.2. The summed E-state index contributed by atoms with van der Waals surface area (Å²) in [6.07, 6.45) is 5.76. The minimum absolute atomic E-state index is 0.295. The maximum atomic E-state index is 5.51. The number of benzene rings is 1.